The molecule has 1 rings (SSSR count). The molecule has 4 heteroatoms. The fourth-order valence-corrected chi connectivity index (χ4v) is 5.23. The molecule has 0 aromatic heterocycles. The Hall–Kier alpha value is 1.40. The molecule has 0 aromatic rings. The van der Waals surface area contributed by atoms with Crippen LogP contribution in [0.2, 0.25) is 0 Å². The van der Waals surface area contributed by atoms with Gasteiger partial charge >= 0.3 is 0 Å². The van der Waals surface area contributed by atoms with Gasteiger partial charge in [-0.1, -0.05) is 32.4 Å². The molecular weight excluding hydrogens is 176 g/mol. The van der Waals surface area contributed by atoms with E-state index >= 15 is 0 Å². The number of hydrogen-bond acceptors (Lipinski definition) is 4. The summed E-state index contributed by atoms with van der Waals surface area (Å²) in [5.41, 5.74) is 0. The molecule has 8 heavy (non-hydrogen) atoms. The first kappa shape index (κ1) is 7.51. The Labute approximate surface area is 67.2 Å². The molecule has 0 N–H and O–H groups in total. The van der Waals surface area contributed by atoms with E-state index in [1.54, 1.807) is 10.8 Å². The average molecular weight is 184 g/mol. The predicted octanol–water partition coefficient (Wildman–Crippen LogP) is 3.07. The lowest BCUT2D eigenvalue weighted by Crippen LogP contribution is -1.98. The van der Waals surface area contributed by atoms with Crippen LogP contribution in [-0.2, 0) is 0 Å². The van der Waals surface area contributed by atoms with Crippen molar-refractivity contribution in [3.63, 3.8) is 0 Å². The summed E-state index contributed by atoms with van der Waals surface area (Å²) in [5, 5.41) is 0. The van der Waals surface area contributed by atoms with E-state index in [1.807, 2.05) is 21.6 Å². The second kappa shape index (κ2) is 4.25. The summed E-state index contributed by atoms with van der Waals surface area (Å²) in [4.78, 5) is 0. The van der Waals surface area contributed by atoms with Gasteiger partial charge in [-0.3, -0.25) is 0 Å². The van der Waals surface area contributed by atoms with Crippen LogP contribution < -0.4 is 0 Å². The van der Waals surface area contributed by atoms with Gasteiger partial charge in [0, 0.05) is 5.75 Å². The Kier molecular flexibility index (Phi) is 3.99. The highest BCUT2D eigenvalue weighted by Crippen LogP contribution is 2.42. The van der Waals surface area contributed by atoms with Crippen LogP contribution >= 0.6 is 44.0 Å². The van der Waals surface area contributed by atoms with Crippen molar-refractivity contribution in [2.45, 2.75) is 17.4 Å². The van der Waals surface area contributed by atoms with Crippen LogP contribution in [0, 0.1) is 0 Å². The Morgan fingerprint density at radius 2 is 2.50 bits per heavy atom. The van der Waals surface area contributed by atoms with Crippen LogP contribution in [0.15, 0.2) is 0 Å². The largest absolute Gasteiger partial charge is 0.110 e. The van der Waals surface area contributed by atoms with Gasteiger partial charge < -0.3 is 0 Å². The van der Waals surface area contributed by atoms with E-state index in [0.29, 0.717) is 0 Å². The van der Waals surface area contributed by atoms with Crippen LogP contribution in [0.4, 0.5) is 0 Å². The molecule has 1 saturated heterocycles. The van der Waals surface area contributed by atoms with E-state index in [4.69, 9.17) is 0 Å². The van der Waals surface area contributed by atoms with Crippen molar-refractivity contribution < 1.29 is 0 Å². The summed E-state index contributed by atoms with van der Waals surface area (Å²) < 4.78 is 0.747. The van der Waals surface area contributed by atoms with Crippen LogP contribution in [0.5, 0.6) is 0 Å². The highest BCUT2D eigenvalue weighted by Gasteiger charge is 2.12. The van der Waals surface area contributed by atoms with Crippen molar-refractivity contribution in [3.05, 3.63) is 0 Å². The third kappa shape index (κ3) is 2.33. The van der Waals surface area contributed by atoms with Gasteiger partial charge in [-0.05, 0) is 12.8 Å². The van der Waals surface area contributed by atoms with E-state index in [1.165, 1.54) is 18.6 Å². The van der Waals surface area contributed by atoms with Gasteiger partial charge in [0.1, 0.15) is 0 Å². The Morgan fingerprint density at radius 1 is 1.62 bits per heavy atom. The molecule has 1 aliphatic heterocycles. The van der Waals surface area contributed by atoms with Crippen molar-refractivity contribution in [2.75, 3.05) is 5.75 Å². The summed E-state index contributed by atoms with van der Waals surface area (Å²) in [6.07, 6.45) is 2.71. The molecule has 0 bridgehead atoms. The molecule has 1 aliphatic rings. The number of rotatable bonds is 1. The van der Waals surface area contributed by atoms with E-state index in [9.17, 15) is 0 Å². The summed E-state index contributed by atoms with van der Waals surface area (Å²) in [7, 11) is 5.62. The zero-order chi connectivity index (χ0) is 5.82. The maximum Gasteiger partial charge on any atom is 0.0707 e. The Balaban J connectivity index is 2.13. The Bertz CT molecular complexity index is 59.1. The maximum atomic E-state index is 4.15. The molecule has 1 atom stereocenters. The minimum absolute atomic E-state index is 0.747. The van der Waals surface area contributed by atoms with Crippen LogP contribution in [0.1, 0.15) is 12.8 Å². The van der Waals surface area contributed by atoms with Crippen LogP contribution in [0.3, 0.4) is 0 Å². The molecule has 1 unspecified atom stereocenters. The lowest BCUT2D eigenvalue weighted by molar-refractivity contribution is 0.881. The van der Waals surface area contributed by atoms with Gasteiger partial charge in [-0.2, -0.15) is 0 Å². The van der Waals surface area contributed by atoms with Crippen molar-refractivity contribution in [1.82, 2.24) is 0 Å². The molecule has 0 spiro atoms. The van der Waals surface area contributed by atoms with Crippen LogP contribution in [0.25, 0.3) is 0 Å². The molecule has 0 aromatic carbocycles. The van der Waals surface area contributed by atoms with Gasteiger partial charge in [-0.25, -0.2) is 0 Å². The average Bonchev–Trinajstić information content (AvgIpc) is 1.90. The standard InChI is InChI=1S/C4H8S4/c5-7-4-2-1-3-6-8-4/h4-5H,1-3H2. The quantitative estimate of drug-likeness (QED) is 0.492. The van der Waals surface area contributed by atoms with Gasteiger partial charge in [0.05, 0.1) is 4.58 Å². The first-order chi connectivity index (χ1) is 3.93. The summed E-state index contributed by atoms with van der Waals surface area (Å²) in [6.45, 7) is 0. The molecule has 1 fully saturated rings. The Morgan fingerprint density at radius 3 is 2.88 bits per heavy atom. The van der Waals surface area contributed by atoms with Gasteiger partial charge in [0.25, 0.3) is 0 Å². The van der Waals surface area contributed by atoms with E-state index in [2.05, 4.69) is 11.7 Å². The molecule has 0 nitrogen and oxygen atoms in total. The minimum atomic E-state index is 0.747. The van der Waals surface area contributed by atoms with Crippen molar-refractivity contribution in [1.29, 1.82) is 0 Å². The van der Waals surface area contributed by atoms with Gasteiger partial charge in [-0.15, -0.1) is 11.7 Å². The minimum Gasteiger partial charge on any atom is -0.110 e. The highest BCUT2D eigenvalue weighted by atomic mass is 33.1. The third-order valence-electron chi connectivity index (χ3n) is 0.960. The summed E-state index contributed by atoms with van der Waals surface area (Å²) in [6, 6.07) is 0. The first-order valence-corrected chi connectivity index (χ1v) is 6.83. The second-order valence-electron chi connectivity index (χ2n) is 1.60. The molecule has 0 radical (unpaired) electrons. The monoisotopic (exact) mass is 184 g/mol. The maximum absolute atomic E-state index is 4.15. The summed E-state index contributed by atoms with van der Waals surface area (Å²) >= 11 is 4.15. The van der Waals surface area contributed by atoms with E-state index in [-0.39, 0.29) is 0 Å². The molecule has 48 valence electrons. The smallest absolute Gasteiger partial charge is 0.0707 e. The third-order valence-corrected chi connectivity index (χ3v) is 6.21. The normalized spacial score (nSPS) is 30.4. The van der Waals surface area contributed by atoms with Gasteiger partial charge in [0.2, 0.25) is 0 Å². The molecule has 1 heterocycles. The SMILES string of the molecule is SSC1CCCSS1. The van der Waals surface area contributed by atoms with Crippen molar-refractivity contribution >= 4 is 44.0 Å². The topological polar surface area (TPSA) is 0 Å². The zero-order valence-corrected chi connectivity index (χ0v) is 7.71. The van der Waals surface area contributed by atoms with E-state index < -0.39 is 0 Å². The predicted molar refractivity (Wildman–Crippen MR) is 49.6 cm³/mol. The molecule has 0 amide bonds. The van der Waals surface area contributed by atoms with Crippen molar-refractivity contribution in [2.24, 2.45) is 0 Å². The first-order valence-electron chi connectivity index (χ1n) is 2.52. The molecule has 0 saturated carbocycles. The fourth-order valence-electron chi connectivity index (χ4n) is 0.551. The highest BCUT2D eigenvalue weighted by molar-refractivity contribution is 8.82. The van der Waals surface area contributed by atoms with E-state index in [0.717, 1.165) is 4.58 Å². The zero-order valence-electron chi connectivity index (χ0n) is 4.37. The number of hydrogen-bond donors (Lipinski definition) is 1. The lowest BCUT2D eigenvalue weighted by atomic mass is 10.4. The van der Waals surface area contributed by atoms with Crippen LogP contribution in [-0.4, -0.2) is 10.3 Å². The molecule has 0 aliphatic carbocycles. The number of thiol groups is 1. The fraction of sp³-hybridized carbons (Fsp3) is 1.00. The van der Waals surface area contributed by atoms with Crippen molar-refractivity contribution in [3.8, 4) is 0 Å². The lowest BCUT2D eigenvalue weighted by Gasteiger charge is -2.16. The molecular formula is C4H8S4. The second-order valence-corrected chi connectivity index (χ2v) is 6.00. The summed E-state index contributed by atoms with van der Waals surface area (Å²) in [5.74, 6) is 1.33. The van der Waals surface area contributed by atoms with Gasteiger partial charge in [0.15, 0.2) is 0 Å².